The Labute approximate surface area is 96.9 Å². The molecule has 0 spiro atoms. The lowest BCUT2D eigenvalue weighted by Gasteiger charge is -2.38. The lowest BCUT2D eigenvalue weighted by atomic mass is 9.90. The van der Waals surface area contributed by atoms with Crippen molar-refractivity contribution in [3.63, 3.8) is 0 Å². The molecule has 3 nitrogen and oxygen atoms in total. The molecule has 2 unspecified atom stereocenters. The quantitative estimate of drug-likeness (QED) is 0.673. The van der Waals surface area contributed by atoms with E-state index in [0.717, 1.165) is 32.5 Å². The van der Waals surface area contributed by atoms with Crippen molar-refractivity contribution < 1.29 is 4.79 Å². The molecule has 0 saturated carbocycles. The predicted octanol–water partition coefficient (Wildman–Crippen LogP) is 1.16. The van der Waals surface area contributed by atoms with Crippen LogP contribution in [0.15, 0.2) is 12.2 Å². The van der Waals surface area contributed by atoms with Crippen LogP contribution in [0.3, 0.4) is 0 Å². The van der Waals surface area contributed by atoms with E-state index in [1.54, 1.807) is 0 Å². The average molecular weight is 220 g/mol. The number of rotatable bonds is 1. The molecule has 0 radical (unpaired) electrons. The van der Waals surface area contributed by atoms with Crippen LogP contribution in [0.2, 0.25) is 0 Å². The van der Waals surface area contributed by atoms with Crippen LogP contribution in [-0.2, 0) is 4.79 Å². The van der Waals surface area contributed by atoms with Crippen molar-refractivity contribution in [2.45, 2.75) is 31.7 Å². The Balaban J connectivity index is 1.70. The molecule has 2 aliphatic heterocycles. The minimum atomic E-state index is 0.249. The molecule has 3 heteroatoms. The van der Waals surface area contributed by atoms with Gasteiger partial charge in [0.25, 0.3) is 0 Å². The molecule has 0 aromatic rings. The predicted molar refractivity (Wildman–Crippen MR) is 63.0 cm³/mol. The first kappa shape index (κ1) is 10.3. The summed E-state index contributed by atoms with van der Waals surface area (Å²) >= 11 is 0. The number of piperidine rings is 1. The third-order valence-corrected chi connectivity index (χ3v) is 4.32. The Morgan fingerprint density at radius 1 is 1.25 bits per heavy atom. The molecule has 0 aromatic carbocycles. The van der Waals surface area contributed by atoms with Crippen LogP contribution in [0, 0.1) is 11.8 Å². The Morgan fingerprint density at radius 2 is 2.06 bits per heavy atom. The largest absolute Gasteiger partial charge is 0.338 e. The Morgan fingerprint density at radius 3 is 2.88 bits per heavy atom. The molecule has 16 heavy (non-hydrogen) atoms. The Bertz CT molecular complexity index is 305. The van der Waals surface area contributed by atoms with Gasteiger partial charge < -0.3 is 10.2 Å². The Hall–Kier alpha value is -0.830. The van der Waals surface area contributed by atoms with Crippen LogP contribution in [0.25, 0.3) is 0 Å². The summed E-state index contributed by atoms with van der Waals surface area (Å²) in [4.78, 5) is 14.6. The van der Waals surface area contributed by atoms with Gasteiger partial charge in [0.2, 0.25) is 5.91 Å². The summed E-state index contributed by atoms with van der Waals surface area (Å²) in [5, 5.41) is 3.43. The van der Waals surface area contributed by atoms with Crippen LogP contribution in [0.1, 0.15) is 25.7 Å². The van der Waals surface area contributed by atoms with Gasteiger partial charge in [-0.05, 0) is 31.6 Å². The van der Waals surface area contributed by atoms with Crippen molar-refractivity contribution >= 4 is 5.91 Å². The maximum atomic E-state index is 12.4. The van der Waals surface area contributed by atoms with Gasteiger partial charge in [-0.15, -0.1) is 0 Å². The zero-order valence-electron chi connectivity index (χ0n) is 9.69. The average Bonchev–Trinajstić information content (AvgIpc) is 2.98. The number of nitrogens with one attached hydrogen (secondary N) is 1. The highest BCUT2D eigenvalue weighted by molar-refractivity contribution is 5.80. The Kier molecular flexibility index (Phi) is 2.72. The van der Waals surface area contributed by atoms with Crippen molar-refractivity contribution in [3.05, 3.63) is 12.2 Å². The third kappa shape index (κ3) is 1.67. The van der Waals surface area contributed by atoms with E-state index in [2.05, 4.69) is 22.4 Å². The van der Waals surface area contributed by atoms with Crippen LogP contribution in [0.4, 0.5) is 0 Å². The van der Waals surface area contributed by atoms with E-state index in [0.29, 0.717) is 17.9 Å². The summed E-state index contributed by atoms with van der Waals surface area (Å²) in [5.74, 6) is 1.37. The number of amides is 1. The molecule has 1 aliphatic carbocycles. The number of hydrogen-bond acceptors (Lipinski definition) is 2. The fraction of sp³-hybridized carbons (Fsp3) is 0.769. The molecule has 2 atom stereocenters. The molecular weight excluding hydrogens is 200 g/mol. The third-order valence-electron chi connectivity index (χ3n) is 4.32. The van der Waals surface area contributed by atoms with Crippen LogP contribution in [0.5, 0.6) is 0 Å². The molecule has 0 bridgehead atoms. The normalized spacial score (nSPS) is 34.4. The molecule has 3 rings (SSSR count). The highest BCUT2D eigenvalue weighted by Gasteiger charge is 2.39. The van der Waals surface area contributed by atoms with Crippen molar-refractivity contribution in [1.82, 2.24) is 10.2 Å². The van der Waals surface area contributed by atoms with E-state index in [-0.39, 0.29) is 5.92 Å². The highest BCUT2D eigenvalue weighted by atomic mass is 16.2. The molecule has 1 N–H and O–H groups in total. The second-order valence-corrected chi connectivity index (χ2v) is 5.30. The molecule has 0 aromatic heterocycles. The maximum Gasteiger partial charge on any atom is 0.226 e. The standard InChI is InChI=1S/C13H20N2O/c16-13(10-4-1-2-5-10)15-7-3-6-11-8-14-9-12(11)15/h1-2,10-12,14H,3-9H2. The van der Waals surface area contributed by atoms with Crippen molar-refractivity contribution in [2.24, 2.45) is 11.8 Å². The van der Waals surface area contributed by atoms with Gasteiger partial charge in [-0.1, -0.05) is 12.2 Å². The fourth-order valence-corrected chi connectivity index (χ4v) is 3.40. The van der Waals surface area contributed by atoms with E-state index in [4.69, 9.17) is 0 Å². The molecular formula is C13H20N2O. The number of carbonyl (C=O) groups excluding carboxylic acids is 1. The van der Waals surface area contributed by atoms with Gasteiger partial charge in [0.05, 0.1) is 0 Å². The summed E-state index contributed by atoms with van der Waals surface area (Å²) in [7, 11) is 0. The first-order valence-electron chi connectivity index (χ1n) is 6.52. The van der Waals surface area contributed by atoms with Gasteiger partial charge in [0, 0.05) is 31.6 Å². The summed E-state index contributed by atoms with van der Waals surface area (Å²) < 4.78 is 0. The molecule has 2 heterocycles. The van der Waals surface area contributed by atoms with Crippen molar-refractivity contribution in [2.75, 3.05) is 19.6 Å². The maximum absolute atomic E-state index is 12.4. The monoisotopic (exact) mass is 220 g/mol. The van der Waals surface area contributed by atoms with E-state index < -0.39 is 0 Å². The van der Waals surface area contributed by atoms with Crippen molar-refractivity contribution in [1.29, 1.82) is 0 Å². The van der Waals surface area contributed by atoms with E-state index in [1.165, 1.54) is 12.8 Å². The van der Waals surface area contributed by atoms with E-state index >= 15 is 0 Å². The lowest BCUT2D eigenvalue weighted by molar-refractivity contribution is -0.139. The minimum absolute atomic E-state index is 0.249. The second-order valence-electron chi connectivity index (χ2n) is 5.30. The first-order valence-corrected chi connectivity index (χ1v) is 6.52. The summed E-state index contributed by atoms with van der Waals surface area (Å²) in [6.07, 6.45) is 8.70. The van der Waals surface area contributed by atoms with Gasteiger partial charge >= 0.3 is 0 Å². The van der Waals surface area contributed by atoms with Crippen molar-refractivity contribution in [3.8, 4) is 0 Å². The zero-order chi connectivity index (χ0) is 11.0. The first-order chi connectivity index (χ1) is 7.86. The van der Waals surface area contributed by atoms with Gasteiger partial charge in [0.1, 0.15) is 0 Å². The smallest absolute Gasteiger partial charge is 0.226 e. The number of likely N-dealkylation sites (tertiary alicyclic amines) is 1. The molecule has 1 amide bonds. The zero-order valence-corrected chi connectivity index (χ0v) is 9.69. The van der Waals surface area contributed by atoms with Crippen LogP contribution >= 0.6 is 0 Å². The molecule has 2 fully saturated rings. The van der Waals surface area contributed by atoms with Gasteiger partial charge in [-0.3, -0.25) is 4.79 Å². The molecule has 3 aliphatic rings. The van der Waals surface area contributed by atoms with Gasteiger partial charge in [0.15, 0.2) is 0 Å². The summed E-state index contributed by atoms with van der Waals surface area (Å²) in [5.41, 5.74) is 0. The number of allylic oxidation sites excluding steroid dienone is 2. The number of hydrogen-bond donors (Lipinski definition) is 1. The van der Waals surface area contributed by atoms with Gasteiger partial charge in [-0.2, -0.15) is 0 Å². The van der Waals surface area contributed by atoms with E-state index in [1.807, 2.05) is 0 Å². The van der Waals surface area contributed by atoms with E-state index in [9.17, 15) is 4.79 Å². The lowest BCUT2D eigenvalue weighted by Crippen LogP contribution is -2.50. The SMILES string of the molecule is O=C(C1CC=CC1)N1CCCC2CNCC21. The number of carbonyl (C=O) groups is 1. The number of nitrogens with zero attached hydrogens (tertiary/aromatic N) is 1. The topological polar surface area (TPSA) is 32.3 Å². The fourth-order valence-electron chi connectivity index (χ4n) is 3.40. The summed E-state index contributed by atoms with van der Waals surface area (Å²) in [6.45, 7) is 3.10. The van der Waals surface area contributed by atoms with Crippen LogP contribution < -0.4 is 5.32 Å². The highest BCUT2D eigenvalue weighted by Crippen LogP contribution is 2.30. The second kappa shape index (κ2) is 4.21. The van der Waals surface area contributed by atoms with Gasteiger partial charge in [-0.25, -0.2) is 0 Å². The summed E-state index contributed by atoms with van der Waals surface area (Å²) in [6, 6.07) is 0.488. The molecule has 88 valence electrons. The van der Waals surface area contributed by atoms with Crippen LogP contribution in [-0.4, -0.2) is 36.5 Å². The molecule has 2 saturated heterocycles. The minimum Gasteiger partial charge on any atom is -0.338 e. The number of fused-ring (bicyclic) bond motifs is 1.